The zero-order valence-electron chi connectivity index (χ0n) is 21.5. The number of allylic oxidation sites excluding steroid dienone is 1. The third-order valence-electron chi connectivity index (χ3n) is 7.89. The lowest BCUT2D eigenvalue weighted by molar-refractivity contribution is -0.154. The topological polar surface area (TPSA) is 92.5 Å². The SMILES string of the molecule is O=C(C1=C[C@@H](c2coc3ccccc3c2=O)C[C@@H](OCCCCO)O1)N1CCC(N2CCCCC2)CC1. The summed E-state index contributed by atoms with van der Waals surface area (Å²) in [6, 6.07) is 7.73. The zero-order valence-corrected chi connectivity index (χ0v) is 21.5. The van der Waals surface area contributed by atoms with Crippen LogP contribution >= 0.6 is 0 Å². The number of carbonyl (C=O) groups excluding carboxylic acids is 1. The van der Waals surface area contributed by atoms with Crippen molar-refractivity contribution < 1.29 is 23.8 Å². The molecule has 8 heteroatoms. The van der Waals surface area contributed by atoms with Crippen molar-refractivity contribution in [2.24, 2.45) is 0 Å². The van der Waals surface area contributed by atoms with Crippen molar-refractivity contribution in [3.05, 3.63) is 58.2 Å². The van der Waals surface area contributed by atoms with Gasteiger partial charge >= 0.3 is 0 Å². The molecule has 2 fully saturated rings. The van der Waals surface area contributed by atoms with E-state index in [1.807, 2.05) is 17.0 Å². The van der Waals surface area contributed by atoms with E-state index < -0.39 is 6.29 Å². The highest BCUT2D eigenvalue weighted by Crippen LogP contribution is 2.32. The summed E-state index contributed by atoms with van der Waals surface area (Å²) in [5.41, 5.74) is 0.940. The molecule has 1 aromatic heterocycles. The van der Waals surface area contributed by atoms with Crippen LogP contribution in [0.15, 0.2) is 51.6 Å². The van der Waals surface area contributed by atoms with E-state index in [9.17, 15) is 9.59 Å². The second kappa shape index (κ2) is 12.2. The maximum Gasteiger partial charge on any atom is 0.288 e. The van der Waals surface area contributed by atoms with Crippen molar-refractivity contribution in [2.45, 2.75) is 69.6 Å². The molecule has 3 aliphatic heterocycles. The number of ether oxygens (including phenoxy) is 2. The summed E-state index contributed by atoms with van der Waals surface area (Å²) in [6.45, 7) is 4.24. The van der Waals surface area contributed by atoms with Crippen LogP contribution in [0, 0.1) is 0 Å². The van der Waals surface area contributed by atoms with Crippen LogP contribution in [-0.4, -0.2) is 72.5 Å². The van der Waals surface area contributed by atoms with Crippen molar-refractivity contribution in [3.63, 3.8) is 0 Å². The number of nitrogens with zero attached hydrogens (tertiary/aromatic N) is 2. The molecule has 200 valence electrons. The number of amides is 1. The molecule has 0 bridgehead atoms. The number of para-hydroxylation sites is 1. The van der Waals surface area contributed by atoms with E-state index in [4.69, 9.17) is 19.0 Å². The zero-order chi connectivity index (χ0) is 25.6. The number of fused-ring (bicyclic) bond motifs is 1. The molecule has 3 aliphatic rings. The van der Waals surface area contributed by atoms with E-state index in [2.05, 4.69) is 4.90 Å². The lowest BCUT2D eigenvalue weighted by Gasteiger charge is -2.40. The Morgan fingerprint density at radius 2 is 1.84 bits per heavy atom. The Balaban J connectivity index is 1.33. The van der Waals surface area contributed by atoms with E-state index in [0.29, 0.717) is 61.5 Å². The first-order valence-corrected chi connectivity index (χ1v) is 13.8. The van der Waals surface area contributed by atoms with Crippen LogP contribution in [0.1, 0.15) is 62.8 Å². The van der Waals surface area contributed by atoms with E-state index >= 15 is 0 Å². The first-order valence-electron chi connectivity index (χ1n) is 13.8. The Bertz CT molecular complexity index is 1150. The molecule has 37 heavy (non-hydrogen) atoms. The molecule has 5 rings (SSSR count). The van der Waals surface area contributed by atoms with Gasteiger partial charge in [0.05, 0.1) is 18.3 Å². The van der Waals surface area contributed by atoms with Gasteiger partial charge in [-0.3, -0.25) is 9.59 Å². The fourth-order valence-corrected chi connectivity index (χ4v) is 5.78. The summed E-state index contributed by atoms with van der Waals surface area (Å²) >= 11 is 0. The Morgan fingerprint density at radius 1 is 1.05 bits per heavy atom. The predicted molar refractivity (Wildman–Crippen MR) is 140 cm³/mol. The molecule has 1 aromatic carbocycles. The van der Waals surface area contributed by atoms with Crippen LogP contribution in [-0.2, 0) is 14.3 Å². The molecule has 2 aromatic rings. The Morgan fingerprint density at radius 3 is 2.62 bits per heavy atom. The maximum absolute atomic E-state index is 13.6. The predicted octanol–water partition coefficient (Wildman–Crippen LogP) is 3.77. The molecule has 0 saturated carbocycles. The fraction of sp³-hybridized carbons (Fsp3) is 0.586. The van der Waals surface area contributed by atoms with Gasteiger partial charge < -0.3 is 28.8 Å². The van der Waals surface area contributed by atoms with Crippen LogP contribution < -0.4 is 5.43 Å². The second-order valence-electron chi connectivity index (χ2n) is 10.4. The fourth-order valence-electron chi connectivity index (χ4n) is 5.78. The minimum absolute atomic E-state index is 0.0989. The summed E-state index contributed by atoms with van der Waals surface area (Å²) < 4.78 is 17.8. The summed E-state index contributed by atoms with van der Waals surface area (Å²) in [5.74, 6) is -0.259. The third kappa shape index (κ3) is 6.08. The second-order valence-corrected chi connectivity index (χ2v) is 10.4. The minimum atomic E-state index is -0.649. The molecule has 0 unspecified atom stereocenters. The largest absolute Gasteiger partial charge is 0.464 e. The monoisotopic (exact) mass is 510 g/mol. The van der Waals surface area contributed by atoms with Gasteiger partial charge in [0.2, 0.25) is 6.29 Å². The van der Waals surface area contributed by atoms with Gasteiger partial charge in [-0.25, -0.2) is 0 Å². The van der Waals surface area contributed by atoms with Gasteiger partial charge in [-0.15, -0.1) is 0 Å². The average molecular weight is 511 g/mol. The lowest BCUT2D eigenvalue weighted by atomic mass is 9.93. The molecule has 1 amide bonds. The van der Waals surface area contributed by atoms with Gasteiger partial charge in [0.15, 0.2) is 11.2 Å². The van der Waals surface area contributed by atoms with Crippen molar-refractivity contribution in [2.75, 3.05) is 39.4 Å². The van der Waals surface area contributed by atoms with Gasteiger partial charge in [0.1, 0.15) is 5.58 Å². The highest BCUT2D eigenvalue weighted by atomic mass is 16.7. The molecule has 4 heterocycles. The summed E-state index contributed by atoms with van der Waals surface area (Å²) in [7, 11) is 0. The Kier molecular flexibility index (Phi) is 8.59. The first kappa shape index (κ1) is 25.9. The average Bonchev–Trinajstić information content (AvgIpc) is 2.96. The summed E-state index contributed by atoms with van der Waals surface area (Å²) in [5, 5.41) is 9.60. The molecule has 8 nitrogen and oxygen atoms in total. The van der Waals surface area contributed by atoms with E-state index in [1.54, 1.807) is 18.2 Å². The molecular formula is C29H38N2O6. The number of carbonyl (C=O) groups is 1. The molecular weight excluding hydrogens is 472 g/mol. The summed E-state index contributed by atoms with van der Waals surface area (Å²) in [6.07, 6.45) is 10.2. The number of benzene rings is 1. The lowest BCUT2D eigenvalue weighted by Crippen LogP contribution is -2.49. The van der Waals surface area contributed by atoms with E-state index in [1.165, 1.54) is 25.5 Å². The number of rotatable bonds is 8. The number of aliphatic hydroxyl groups is 1. The van der Waals surface area contributed by atoms with Crippen molar-refractivity contribution >= 4 is 16.9 Å². The van der Waals surface area contributed by atoms with Gasteiger partial charge in [-0.1, -0.05) is 18.6 Å². The quantitative estimate of drug-likeness (QED) is 0.541. The minimum Gasteiger partial charge on any atom is -0.464 e. The van der Waals surface area contributed by atoms with Gasteiger partial charge in [-0.05, 0) is 69.8 Å². The molecule has 0 spiro atoms. The number of piperidine rings is 2. The van der Waals surface area contributed by atoms with Crippen LogP contribution in [0.3, 0.4) is 0 Å². The van der Waals surface area contributed by atoms with E-state index in [0.717, 1.165) is 25.9 Å². The number of likely N-dealkylation sites (tertiary alicyclic amines) is 2. The number of unbranched alkanes of at least 4 members (excludes halogenated alkanes) is 1. The smallest absolute Gasteiger partial charge is 0.288 e. The highest BCUT2D eigenvalue weighted by Gasteiger charge is 2.34. The first-order chi connectivity index (χ1) is 18.1. The summed E-state index contributed by atoms with van der Waals surface area (Å²) in [4.78, 5) is 31.3. The highest BCUT2D eigenvalue weighted by molar-refractivity contribution is 5.92. The number of hydrogen-bond donors (Lipinski definition) is 1. The van der Waals surface area contributed by atoms with Gasteiger partial charge in [0, 0.05) is 43.6 Å². The van der Waals surface area contributed by atoms with Crippen LogP contribution in [0.5, 0.6) is 0 Å². The molecule has 2 saturated heterocycles. The van der Waals surface area contributed by atoms with Crippen LogP contribution in [0.25, 0.3) is 11.0 Å². The Labute approximate surface area is 217 Å². The molecule has 2 atom stereocenters. The molecule has 1 N–H and O–H groups in total. The van der Waals surface area contributed by atoms with Crippen molar-refractivity contribution in [3.8, 4) is 0 Å². The maximum atomic E-state index is 13.6. The van der Waals surface area contributed by atoms with E-state index in [-0.39, 0.29) is 29.6 Å². The molecule has 0 radical (unpaired) electrons. The Hall–Kier alpha value is -2.68. The third-order valence-corrected chi connectivity index (χ3v) is 7.89. The van der Waals surface area contributed by atoms with Crippen molar-refractivity contribution in [1.29, 1.82) is 0 Å². The van der Waals surface area contributed by atoms with Crippen molar-refractivity contribution in [1.82, 2.24) is 9.80 Å². The van der Waals surface area contributed by atoms with Gasteiger partial charge in [0.25, 0.3) is 5.91 Å². The number of aliphatic hydroxyl groups excluding tert-OH is 1. The standard InChI is InChI=1S/C29H38N2O6/c32-16-6-7-17-35-27-19-21(24-20-36-25-9-3-2-8-23(25)28(24)33)18-26(37-27)29(34)31-14-10-22(11-15-31)30-12-4-1-5-13-30/h2-3,8-9,18,20-22,27,32H,1,4-7,10-17,19H2/t21-,27+/m1/s1. The normalized spacial score (nSPS) is 23.6. The van der Waals surface area contributed by atoms with Gasteiger partial charge in [-0.2, -0.15) is 0 Å². The van der Waals surface area contributed by atoms with Crippen LogP contribution in [0.2, 0.25) is 0 Å². The molecule has 0 aliphatic carbocycles. The number of hydrogen-bond acceptors (Lipinski definition) is 7. The van der Waals surface area contributed by atoms with Crippen LogP contribution in [0.4, 0.5) is 0 Å².